The Bertz CT molecular complexity index is 763. The van der Waals surface area contributed by atoms with E-state index in [0.717, 1.165) is 12.7 Å². The molecule has 1 aromatic heterocycles. The van der Waals surface area contributed by atoms with Crippen molar-refractivity contribution < 1.29 is 18.0 Å². The molecule has 2 amide bonds. The minimum absolute atomic E-state index is 0.0574. The number of nitrogens with zero attached hydrogens (tertiary/aromatic N) is 3. The van der Waals surface area contributed by atoms with Gasteiger partial charge in [-0.05, 0) is 6.07 Å². The summed E-state index contributed by atoms with van der Waals surface area (Å²) in [7, 11) is -4.19. The van der Waals surface area contributed by atoms with Crippen molar-refractivity contribution in [3.8, 4) is 0 Å². The molecule has 0 aliphatic rings. The Morgan fingerprint density at radius 2 is 1.81 bits per heavy atom. The van der Waals surface area contributed by atoms with Crippen LogP contribution in [-0.4, -0.2) is 35.7 Å². The zero-order valence-electron chi connectivity index (χ0n) is 10.4. The summed E-state index contributed by atoms with van der Waals surface area (Å²) < 4.78 is 25.8. The Morgan fingerprint density at radius 3 is 2.48 bits per heavy atom. The molecular weight excluding hydrogens is 298 g/mol. The normalized spacial score (nSPS) is 10.7. The molecule has 0 spiro atoms. The zero-order valence-corrected chi connectivity index (χ0v) is 11.2. The average molecular weight is 307 g/mol. The minimum Gasteiger partial charge on any atom is -0.298 e. The molecule has 1 aromatic carbocycles. The molecule has 2 aromatic rings. The Hall–Kier alpha value is -2.88. The van der Waals surface area contributed by atoms with Crippen LogP contribution in [0.15, 0.2) is 41.8 Å². The maximum absolute atomic E-state index is 12.0. The molecule has 0 aliphatic carbocycles. The van der Waals surface area contributed by atoms with Crippen LogP contribution in [0.1, 0.15) is 10.4 Å². The first-order valence-corrected chi connectivity index (χ1v) is 7.01. The minimum atomic E-state index is -4.19. The van der Waals surface area contributed by atoms with E-state index in [1.165, 1.54) is 24.3 Å². The molecule has 0 bridgehead atoms. The molecule has 10 heteroatoms. The van der Waals surface area contributed by atoms with Gasteiger partial charge in [0.15, 0.2) is 6.29 Å². The van der Waals surface area contributed by atoms with Gasteiger partial charge in [-0.1, -0.05) is 18.2 Å². The van der Waals surface area contributed by atoms with Crippen LogP contribution in [0.25, 0.3) is 0 Å². The van der Waals surface area contributed by atoms with Crippen LogP contribution >= 0.6 is 0 Å². The standard InChI is InChI=1S/C11H9N5O4S/c17-5-8-3-1-2-4-9(8)21(19,20)16-11(18)15-10-13-6-12-7-14-10/h1-7H,(H2,12,13,14,15,16,18). The van der Waals surface area contributed by atoms with Gasteiger partial charge in [0.2, 0.25) is 5.95 Å². The van der Waals surface area contributed by atoms with Crippen LogP contribution in [-0.2, 0) is 10.0 Å². The van der Waals surface area contributed by atoms with Crippen molar-refractivity contribution in [2.45, 2.75) is 4.90 Å². The fourth-order valence-corrected chi connectivity index (χ4v) is 2.52. The molecule has 0 unspecified atom stereocenters. The molecule has 2 rings (SSSR count). The van der Waals surface area contributed by atoms with Crippen LogP contribution in [0.5, 0.6) is 0 Å². The van der Waals surface area contributed by atoms with Crippen molar-refractivity contribution in [1.29, 1.82) is 0 Å². The number of rotatable bonds is 4. The van der Waals surface area contributed by atoms with Crippen molar-refractivity contribution in [3.63, 3.8) is 0 Å². The zero-order chi connectivity index (χ0) is 15.3. The lowest BCUT2D eigenvalue weighted by Crippen LogP contribution is -2.35. The summed E-state index contributed by atoms with van der Waals surface area (Å²) in [6.45, 7) is 0. The molecule has 9 nitrogen and oxygen atoms in total. The molecule has 0 aliphatic heterocycles. The molecule has 1 heterocycles. The van der Waals surface area contributed by atoms with Crippen molar-refractivity contribution in [2.75, 3.05) is 5.32 Å². The average Bonchev–Trinajstić information content (AvgIpc) is 2.47. The molecule has 21 heavy (non-hydrogen) atoms. The summed E-state index contributed by atoms with van der Waals surface area (Å²) >= 11 is 0. The van der Waals surface area contributed by atoms with Crippen molar-refractivity contribution >= 4 is 28.3 Å². The molecular formula is C11H9N5O4S. The van der Waals surface area contributed by atoms with Gasteiger partial charge in [-0.25, -0.2) is 32.9 Å². The first-order chi connectivity index (χ1) is 10.0. The second-order valence-corrected chi connectivity index (χ2v) is 5.33. The summed E-state index contributed by atoms with van der Waals surface area (Å²) in [6.07, 6.45) is 2.66. The maximum Gasteiger partial charge on any atom is 0.335 e. The molecule has 2 N–H and O–H groups in total. The van der Waals surface area contributed by atoms with E-state index >= 15 is 0 Å². The molecule has 108 valence electrons. The monoisotopic (exact) mass is 307 g/mol. The number of carbonyl (C=O) groups is 2. The van der Waals surface area contributed by atoms with Gasteiger partial charge < -0.3 is 0 Å². The number of nitrogens with one attached hydrogen (secondary N) is 2. The van der Waals surface area contributed by atoms with Crippen molar-refractivity contribution in [3.05, 3.63) is 42.5 Å². The van der Waals surface area contributed by atoms with Gasteiger partial charge in [0.1, 0.15) is 12.7 Å². The first-order valence-electron chi connectivity index (χ1n) is 5.53. The highest BCUT2D eigenvalue weighted by Gasteiger charge is 2.21. The van der Waals surface area contributed by atoms with E-state index in [2.05, 4.69) is 20.3 Å². The quantitative estimate of drug-likeness (QED) is 0.771. The molecule has 0 atom stereocenters. The summed E-state index contributed by atoms with van der Waals surface area (Å²) in [4.78, 5) is 32.9. The van der Waals surface area contributed by atoms with Gasteiger partial charge in [-0.15, -0.1) is 0 Å². The fraction of sp³-hybridized carbons (Fsp3) is 0. The molecule has 0 fully saturated rings. The third-order valence-electron chi connectivity index (χ3n) is 2.28. The van der Waals surface area contributed by atoms with Crippen LogP contribution in [0.2, 0.25) is 0 Å². The Labute approximate surface area is 119 Å². The topological polar surface area (TPSA) is 131 Å². The van der Waals surface area contributed by atoms with E-state index in [0.29, 0.717) is 6.29 Å². The second-order valence-electron chi connectivity index (χ2n) is 3.68. The number of aromatic nitrogens is 3. The fourth-order valence-electron chi connectivity index (χ4n) is 1.43. The Balaban J connectivity index is 2.18. The number of benzene rings is 1. The highest BCUT2D eigenvalue weighted by atomic mass is 32.2. The number of anilines is 1. The number of hydrogen-bond acceptors (Lipinski definition) is 7. The highest BCUT2D eigenvalue weighted by Crippen LogP contribution is 2.13. The summed E-state index contributed by atoms with van der Waals surface area (Å²) in [5.74, 6) is -0.110. The lowest BCUT2D eigenvalue weighted by molar-refractivity contribution is 0.112. The molecule has 0 radical (unpaired) electrons. The Kier molecular flexibility index (Phi) is 4.18. The predicted molar refractivity (Wildman–Crippen MR) is 71.0 cm³/mol. The van der Waals surface area contributed by atoms with Gasteiger partial charge in [0.25, 0.3) is 10.0 Å². The van der Waals surface area contributed by atoms with Gasteiger partial charge >= 0.3 is 6.03 Å². The summed E-state index contributed by atoms with van der Waals surface area (Å²) in [5, 5.41) is 2.13. The summed E-state index contributed by atoms with van der Waals surface area (Å²) in [5.41, 5.74) is -0.0574. The van der Waals surface area contributed by atoms with E-state index in [4.69, 9.17) is 0 Å². The van der Waals surface area contributed by atoms with E-state index in [-0.39, 0.29) is 16.4 Å². The lowest BCUT2D eigenvalue weighted by Gasteiger charge is -2.08. The number of hydrogen-bond donors (Lipinski definition) is 2. The van der Waals surface area contributed by atoms with E-state index in [9.17, 15) is 18.0 Å². The second kappa shape index (κ2) is 6.05. The third-order valence-corrected chi connectivity index (χ3v) is 3.69. The van der Waals surface area contributed by atoms with Crippen LogP contribution < -0.4 is 10.0 Å². The van der Waals surface area contributed by atoms with Gasteiger partial charge in [0, 0.05) is 5.56 Å². The SMILES string of the molecule is O=Cc1ccccc1S(=O)(=O)NC(=O)Nc1ncncn1. The van der Waals surface area contributed by atoms with Crippen molar-refractivity contribution in [2.24, 2.45) is 0 Å². The van der Waals surface area contributed by atoms with Crippen molar-refractivity contribution in [1.82, 2.24) is 19.7 Å². The number of sulfonamides is 1. The molecule has 0 saturated heterocycles. The molecule has 0 saturated carbocycles. The summed E-state index contributed by atoms with van der Waals surface area (Å²) in [6, 6.07) is 4.43. The maximum atomic E-state index is 12.0. The number of aldehydes is 1. The van der Waals surface area contributed by atoms with E-state index in [1.54, 1.807) is 4.72 Å². The number of urea groups is 1. The highest BCUT2D eigenvalue weighted by molar-refractivity contribution is 7.90. The number of amides is 2. The first kappa shape index (κ1) is 14.5. The van der Waals surface area contributed by atoms with Gasteiger partial charge in [-0.3, -0.25) is 10.1 Å². The van der Waals surface area contributed by atoms with Crippen LogP contribution in [0, 0.1) is 0 Å². The predicted octanol–water partition coefficient (Wildman–Crippen LogP) is 0.195. The smallest absolute Gasteiger partial charge is 0.298 e. The lowest BCUT2D eigenvalue weighted by atomic mass is 10.2. The largest absolute Gasteiger partial charge is 0.335 e. The van der Waals surface area contributed by atoms with E-state index in [1.807, 2.05) is 0 Å². The Morgan fingerprint density at radius 1 is 1.14 bits per heavy atom. The third kappa shape index (κ3) is 3.57. The van der Waals surface area contributed by atoms with E-state index < -0.39 is 16.1 Å². The van der Waals surface area contributed by atoms with Gasteiger partial charge in [-0.2, -0.15) is 0 Å². The number of carbonyl (C=O) groups excluding carboxylic acids is 2. The van der Waals surface area contributed by atoms with Crippen LogP contribution in [0.4, 0.5) is 10.7 Å². The van der Waals surface area contributed by atoms with Crippen LogP contribution in [0.3, 0.4) is 0 Å². The van der Waals surface area contributed by atoms with Gasteiger partial charge in [0.05, 0.1) is 4.90 Å².